The molecule has 0 bridgehead atoms. The van der Waals surface area contributed by atoms with E-state index in [1.807, 2.05) is 0 Å². The first-order valence-corrected chi connectivity index (χ1v) is 8.47. The summed E-state index contributed by atoms with van der Waals surface area (Å²) in [6, 6.07) is 5.65. The van der Waals surface area contributed by atoms with Gasteiger partial charge in [-0.2, -0.15) is 0 Å². The predicted molar refractivity (Wildman–Crippen MR) is 86.2 cm³/mol. The van der Waals surface area contributed by atoms with Crippen molar-refractivity contribution >= 4 is 0 Å². The molecule has 110 valence electrons. The molecule has 1 unspecified atom stereocenters. The third kappa shape index (κ3) is 2.79. The Morgan fingerprint density at radius 3 is 2.60 bits per heavy atom. The van der Waals surface area contributed by atoms with E-state index in [0.717, 1.165) is 6.54 Å². The molecule has 2 aliphatic carbocycles. The minimum atomic E-state index is 0.453. The van der Waals surface area contributed by atoms with E-state index in [9.17, 15) is 0 Å². The van der Waals surface area contributed by atoms with Gasteiger partial charge >= 0.3 is 0 Å². The molecular formula is C19H29N. The molecule has 0 heterocycles. The van der Waals surface area contributed by atoms with E-state index in [1.165, 1.54) is 44.9 Å². The Balaban J connectivity index is 1.96. The van der Waals surface area contributed by atoms with E-state index in [2.05, 4.69) is 38.2 Å². The highest BCUT2D eigenvalue weighted by Gasteiger charge is 2.30. The van der Waals surface area contributed by atoms with Crippen molar-refractivity contribution in [1.29, 1.82) is 0 Å². The molecule has 0 aromatic heterocycles. The van der Waals surface area contributed by atoms with Crippen molar-refractivity contribution in [2.24, 2.45) is 5.41 Å². The summed E-state index contributed by atoms with van der Waals surface area (Å²) in [6.07, 6.45) is 9.04. The van der Waals surface area contributed by atoms with Crippen molar-refractivity contribution in [3.63, 3.8) is 0 Å². The molecule has 1 N–H and O–H groups in total. The van der Waals surface area contributed by atoms with Gasteiger partial charge in [0.15, 0.2) is 0 Å². The van der Waals surface area contributed by atoms with Crippen molar-refractivity contribution in [2.75, 3.05) is 6.54 Å². The maximum absolute atomic E-state index is 3.81. The van der Waals surface area contributed by atoms with Gasteiger partial charge in [0.1, 0.15) is 0 Å². The first-order valence-electron chi connectivity index (χ1n) is 8.47. The fourth-order valence-corrected chi connectivity index (χ4v) is 3.97. The zero-order chi connectivity index (χ0) is 14.2. The summed E-state index contributed by atoms with van der Waals surface area (Å²) < 4.78 is 0. The Morgan fingerprint density at radius 2 is 1.85 bits per heavy atom. The first kappa shape index (κ1) is 14.1. The van der Waals surface area contributed by atoms with Crippen LogP contribution in [0.2, 0.25) is 0 Å². The van der Waals surface area contributed by atoms with E-state index < -0.39 is 0 Å². The van der Waals surface area contributed by atoms with Crippen LogP contribution in [-0.4, -0.2) is 6.54 Å². The van der Waals surface area contributed by atoms with Crippen molar-refractivity contribution in [1.82, 2.24) is 5.32 Å². The largest absolute Gasteiger partial charge is 0.310 e. The molecule has 2 aliphatic rings. The van der Waals surface area contributed by atoms with Crippen LogP contribution in [0.5, 0.6) is 0 Å². The molecule has 1 nitrogen and oxygen atoms in total. The Morgan fingerprint density at radius 1 is 1.10 bits per heavy atom. The minimum absolute atomic E-state index is 0.453. The van der Waals surface area contributed by atoms with Crippen LogP contribution >= 0.6 is 0 Å². The van der Waals surface area contributed by atoms with Gasteiger partial charge in [0.2, 0.25) is 0 Å². The van der Waals surface area contributed by atoms with Gasteiger partial charge in [0.25, 0.3) is 0 Å². The quantitative estimate of drug-likeness (QED) is 0.794. The molecule has 0 saturated carbocycles. The minimum Gasteiger partial charge on any atom is -0.310 e. The monoisotopic (exact) mass is 271 g/mol. The number of fused-ring (bicyclic) bond motifs is 2. The highest BCUT2D eigenvalue weighted by atomic mass is 14.9. The van der Waals surface area contributed by atoms with Crippen molar-refractivity contribution in [3.05, 3.63) is 34.4 Å². The van der Waals surface area contributed by atoms with Gasteiger partial charge in [0.05, 0.1) is 0 Å². The van der Waals surface area contributed by atoms with Crippen LogP contribution in [0.4, 0.5) is 0 Å². The van der Waals surface area contributed by atoms with Crippen molar-refractivity contribution in [2.45, 2.75) is 71.8 Å². The molecule has 1 atom stereocenters. The van der Waals surface area contributed by atoms with Gasteiger partial charge in [-0.25, -0.2) is 0 Å². The second kappa shape index (κ2) is 5.52. The lowest BCUT2D eigenvalue weighted by atomic mass is 9.83. The molecule has 0 amide bonds. The van der Waals surface area contributed by atoms with E-state index >= 15 is 0 Å². The van der Waals surface area contributed by atoms with Gasteiger partial charge in [-0.1, -0.05) is 32.9 Å². The lowest BCUT2D eigenvalue weighted by Gasteiger charge is -2.28. The Labute approximate surface area is 124 Å². The fourth-order valence-electron chi connectivity index (χ4n) is 3.97. The summed E-state index contributed by atoms with van der Waals surface area (Å²) in [5, 5.41) is 3.81. The third-order valence-electron chi connectivity index (χ3n) is 5.20. The number of benzene rings is 1. The van der Waals surface area contributed by atoms with Gasteiger partial charge < -0.3 is 5.32 Å². The summed E-state index contributed by atoms with van der Waals surface area (Å²) in [4.78, 5) is 0. The van der Waals surface area contributed by atoms with Crippen LogP contribution in [0.3, 0.4) is 0 Å². The van der Waals surface area contributed by atoms with Crippen LogP contribution in [0.15, 0.2) is 12.1 Å². The lowest BCUT2D eigenvalue weighted by Crippen LogP contribution is -2.26. The molecule has 1 heteroatoms. The second-order valence-corrected chi connectivity index (χ2v) is 7.55. The number of hydrogen-bond donors (Lipinski definition) is 1. The fraction of sp³-hybridized carbons (Fsp3) is 0.684. The molecule has 0 aliphatic heterocycles. The smallest absolute Gasteiger partial charge is 0.0328 e. The van der Waals surface area contributed by atoms with Crippen molar-refractivity contribution in [3.8, 4) is 0 Å². The third-order valence-corrected chi connectivity index (χ3v) is 5.20. The van der Waals surface area contributed by atoms with Crippen molar-refractivity contribution < 1.29 is 0 Å². The van der Waals surface area contributed by atoms with E-state index in [0.29, 0.717) is 11.5 Å². The van der Waals surface area contributed by atoms with E-state index in [-0.39, 0.29) is 0 Å². The number of aryl methyl sites for hydroxylation is 3. The number of nitrogens with one attached hydrogen (secondary N) is 1. The summed E-state index contributed by atoms with van der Waals surface area (Å²) in [6.45, 7) is 8.27. The zero-order valence-electron chi connectivity index (χ0n) is 13.4. The topological polar surface area (TPSA) is 12.0 Å². The second-order valence-electron chi connectivity index (χ2n) is 7.55. The SMILES string of the molecule is CCCNC1CC(C)(C)CCc2cc3c(cc21)CCC3. The molecule has 0 saturated heterocycles. The molecule has 3 rings (SSSR count). The van der Waals surface area contributed by atoms with Crippen LogP contribution < -0.4 is 5.32 Å². The van der Waals surface area contributed by atoms with Gasteiger partial charge in [-0.15, -0.1) is 0 Å². The summed E-state index contributed by atoms with van der Waals surface area (Å²) in [5.74, 6) is 0. The normalized spacial score (nSPS) is 24.1. The van der Waals surface area contributed by atoms with E-state index in [4.69, 9.17) is 0 Å². The van der Waals surface area contributed by atoms with Crippen LogP contribution in [-0.2, 0) is 19.3 Å². The Bertz CT molecular complexity index is 487. The molecular weight excluding hydrogens is 242 g/mol. The number of hydrogen-bond acceptors (Lipinski definition) is 1. The number of rotatable bonds is 3. The van der Waals surface area contributed by atoms with Gasteiger partial charge in [0, 0.05) is 6.04 Å². The van der Waals surface area contributed by atoms with Crippen LogP contribution in [0.25, 0.3) is 0 Å². The molecule has 20 heavy (non-hydrogen) atoms. The van der Waals surface area contributed by atoms with Gasteiger partial charge in [-0.3, -0.25) is 0 Å². The maximum atomic E-state index is 3.81. The first-order chi connectivity index (χ1) is 9.59. The average molecular weight is 271 g/mol. The predicted octanol–water partition coefficient (Wildman–Crippen LogP) is 4.58. The summed E-state index contributed by atoms with van der Waals surface area (Å²) in [5.41, 5.74) is 6.97. The van der Waals surface area contributed by atoms with E-state index in [1.54, 1.807) is 22.3 Å². The summed E-state index contributed by atoms with van der Waals surface area (Å²) >= 11 is 0. The highest BCUT2D eigenvalue weighted by Crippen LogP contribution is 2.41. The van der Waals surface area contributed by atoms with Gasteiger partial charge in [-0.05, 0) is 79.2 Å². The lowest BCUT2D eigenvalue weighted by molar-refractivity contribution is 0.273. The molecule has 0 radical (unpaired) electrons. The zero-order valence-corrected chi connectivity index (χ0v) is 13.4. The Hall–Kier alpha value is -0.820. The van der Waals surface area contributed by atoms with Crippen LogP contribution in [0, 0.1) is 5.41 Å². The highest BCUT2D eigenvalue weighted by molar-refractivity contribution is 5.43. The Kier molecular flexibility index (Phi) is 3.90. The maximum Gasteiger partial charge on any atom is 0.0328 e. The molecule has 0 fully saturated rings. The summed E-state index contributed by atoms with van der Waals surface area (Å²) in [7, 11) is 0. The van der Waals surface area contributed by atoms with Crippen LogP contribution in [0.1, 0.15) is 74.8 Å². The standard InChI is InChI=1S/C19H29N/c1-4-10-20-18-13-19(2,3)9-8-16-11-14-6-5-7-15(14)12-17(16)18/h11-12,18,20H,4-10,13H2,1-3H3. The molecule has 0 spiro atoms. The average Bonchev–Trinajstić information content (AvgIpc) is 2.82. The molecule has 1 aromatic rings. The molecule has 1 aromatic carbocycles.